The first-order valence-corrected chi connectivity index (χ1v) is 52.5. The van der Waals surface area contributed by atoms with Crippen molar-refractivity contribution in [1.29, 1.82) is 0 Å². The van der Waals surface area contributed by atoms with Gasteiger partial charge in [0.2, 0.25) is 0 Å². The molecule has 2 aliphatic heterocycles. The van der Waals surface area contributed by atoms with Crippen LogP contribution in [0, 0.1) is 0 Å². The van der Waals surface area contributed by atoms with Crippen molar-refractivity contribution in [2.45, 2.75) is 60.2 Å². The number of para-hydroxylation sites is 4. The van der Waals surface area contributed by atoms with E-state index >= 15 is 0 Å². The molecule has 1 atom stereocenters. The summed E-state index contributed by atoms with van der Waals surface area (Å²) in [5.41, 5.74) is 39.4. The molecule has 0 amide bonds. The van der Waals surface area contributed by atoms with Gasteiger partial charge in [0.15, 0.2) is 0 Å². The van der Waals surface area contributed by atoms with Crippen LogP contribution in [0.5, 0.6) is 23.0 Å². The van der Waals surface area contributed by atoms with Crippen molar-refractivity contribution < 1.29 is 9.47 Å². The van der Waals surface area contributed by atoms with E-state index in [1.54, 1.807) is 0 Å². The third-order valence-electron chi connectivity index (χ3n) is 34.0. The Balaban J connectivity index is 0.589. The van der Waals surface area contributed by atoms with Gasteiger partial charge in [-0.25, -0.2) is 0 Å². The maximum Gasteiger partial charge on any atom is 0.132 e. The fraction of sp³-hybridized carbons (Fsp3) is 0.0704. The van der Waals surface area contributed by atoms with Crippen LogP contribution in [0.15, 0.2) is 516 Å². The highest BCUT2D eigenvalue weighted by Crippen LogP contribution is 2.69. The van der Waals surface area contributed by atoms with Crippen molar-refractivity contribution in [3.8, 4) is 73.2 Å². The van der Waals surface area contributed by atoms with E-state index in [1.165, 1.54) is 148 Å². The van der Waals surface area contributed by atoms with Crippen LogP contribution >= 0.6 is 11.3 Å². The topological polar surface area (TPSA) is 29.9 Å². The smallest absolute Gasteiger partial charge is 0.132 e. The van der Waals surface area contributed by atoms with Crippen LogP contribution in [0.1, 0.15) is 139 Å². The lowest BCUT2D eigenvalue weighted by molar-refractivity contribution is 0.428. The zero-order valence-corrected chi connectivity index (χ0v) is 83.0. The van der Waals surface area contributed by atoms with Gasteiger partial charge in [-0.1, -0.05) is 410 Å². The summed E-state index contributed by atoms with van der Waals surface area (Å²) < 4.78 is 19.8. The zero-order valence-electron chi connectivity index (χ0n) is 82.1. The Morgan fingerprint density at radius 3 is 1.04 bits per heavy atom. The average Bonchev–Trinajstić information content (AvgIpc) is 0.938. The highest BCUT2D eigenvalue weighted by Gasteiger charge is 2.60. The van der Waals surface area contributed by atoms with Gasteiger partial charge in [0.1, 0.15) is 23.0 Å². The van der Waals surface area contributed by atoms with Crippen LogP contribution < -0.4 is 19.3 Å². The summed E-state index contributed by atoms with van der Waals surface area (Å²) in [6.07, 6.45) is 0. The largest absolute Gasteiger partial charge is 0.457 e. The van der Waals surface area contributed by atoms with E-state index in [4.69, 9.17) is 9.47 Å². The van der Waals surface area contributed by atoms with E-state index in [2.05, 4.69) is 558 Å². The Hall–Kier alpha value is -17.9. The van der Waals surface area contributed by atoms with Crippen molar-refractivity contribution >= 4 is 87.4 Å². The van der Waals surface area contributed by atoms with Crippen molar-refractivity contribution in [2.24, 2.45) is 0 Å². The standard InChI is InChI=1S/C142H97N3O2S/c1-137(2)113-52-23-20-47-105(113)107-76-71-99(85-124(107)137)143(101-74-80-133-127(87-101)141(122-60-31-34-63-131(122)146-133)118-57-28-25-54-115(118)139(93-37-10-5-11-38-93,94-39-12-6-13-40-94)116-55-26-29-58-119(116)141)98-69-65-90(66-70-98)104-50-36-51-111-112-83-91(68-82-135(112)148-136(104)111)92-67-79-121-126(84-92)142(120-59-30-27-56-117(120)140(121,95-41-14-7-15-42-95)96-43-16-8-17-44-96)123-61-32-35-64-132(123)147-134-81-75-102(88-128(134)142)144(100-72-77-108-106-48-21-24-53-114(106)138(3,4)125(108)86-100)103-73-78-110-109-49-22-33-62-129(109)145(130(110)89-103)97-45-18-9-19-46-97/h5-89H,1-4H3. The lowest BCUT2D eigenvalue weighted by Crippen LogP contribution is -2.46. The summed E-state index contributed by atoms with van der Waals surface area (Å²) in [5.74, 6) is 3.28. The lowest BCUT2D eigenvalue weighted by atomic mass is 9.50. The number of ether oxygens (including phenoxy) is 2. The first-order valence-electron chi connectivity index (χ1n) is 51.6. The monoisotopic (exact) mass is 1910 g/mol. The third-order valence-corrected chi connectivity index (χ3v) is 35.2. The quantitative estimate of drug-likeness (QED) is 0.115. The number of rotatable bonds is 13. The number of nitrogens with zero attached hydrogens (tertiary/aromatic N) is 3. The summed E-state index contributed by atoms with van der Waals surface area (Å²) in [6.45, 7) is 9.56. The van der Waals surface area contributed by atoms with Crippen LogP contribution in [-0.2, 0) is 32.5 Å². The number of aromatic nitrogens is 1. The highest BCUT2D eigenvalue weighted by atomic mass is 32.1. The van der Waals surface area contributed by atoms with Crippen molar-refractivity contribution in [3.63, 3.8) is 0 Å². The number of thiophene rings is 1. The van der Waals surface area contributed by atoms with Gasteiger partial charge in [-0.2, -0.15) is 0 Å². The molecule has 6 heteroatoms. The fourth-order valence-electron chi connectivity index (χ4n) is 27.7. The van der Waals surface area contributed by atoms with Crippen molar-refractivity contribution in [1.82, 2.24) is 4.57 Å². The van der Waals surface area contributed by atoms with E-state index in [0.717, 1.165) is 113 Å². The SMILES string of the molecule is CC1(C)c2ccccc2-c2ccc(N(c3ccc(-c4cccc5c4sc4ccc(-c6ccc7c(c6)C6(c8ccccc8Oc8ccc(N(c9ccc%10c(c9)C(C)(C)c9ccccc9-%10)c9ccc%10c%11ccccc%11n(-c%11ccccc%11)c%10c9)cc86)c6ccccc6C7(c6ccccc6)c6ccccc6)cc45)cc3)c3ccc4c(c3)C3(c5ccccc5O4)c4ccccc4C(c4ccccc4)(c4ccccc4)c4ccccc43)cc21. The van der Waals surface area contributed by atoms with Gasteiger partial charge in [0.05, 0.1) is 32.7 Å². The Kier molecular flexibility index (Phi) is 18.7. The molecule has 0 saturated carbocycles. The van der Waals surface area contributed by atoms with E-state index in [0.29, 0.717) is 0 Å². The third kappa shape index (κ3) is 11.9. The van der Waals surface area contributed by atoms with E-state index in [-0.39, 0.29) is 10.8 Å². The zero-order chi connectivity index (χ0) is 98.1. The molecule has 4 aliphatic carbocycles. The molecular formula is C142H97N3O2S. The second kappa shape index (κ2) is 32.3. The Labute approximate surface area is 865 Å². The van der Waals surface area contributed by atoms with Gasteiger partial charge < -0.3 is 23.8 Å². The second-order valence-corrected chi connectivity index (χ2v) is 42.9. The maximum atomic E-state index is 7.56. The minimum atomic E-state index is -1.00. The van der Waals surface area contributed by atoms with Gasteiger partial charge in [-0.05, 0) is 267 Å². The molecule has 4 heterocycles. The minimum Gasteiger partial charge on any atom is -0.457 e. The predicted octanol–water partition coefficient (Wildman–Crippen LogP) is 36.4. The van der Waals surface area contributed by atoms with Crippen LogP contribution in [0.4, 0.5) is 34.1 Å². The first-order chi connectivity index (χ1) is 72.9. The number of benzene rings is 22. The van der Waals surface area contributed by atoms with Crippen LogP contribution in [-0.4, -0.2) is 4.57 Å². The number of anilines is 6. The molecule has 0 fully saturated rings. The number of hydrogen-bond donors (Lipinski definition) is 0. The van der Waals surface area contributed by atoms with Gasteiger partial charge in [-0.3, -0.25) is 0 Å². The molecule has 148 heavy (non-hydrogen) atoms. The molecule has 0 N–H and O–H groups in total. The normalized spacial score (nSPS) is 15.6. The predicted molar refractivity (Wildman–Crippen MR) is 610 cm³/mol. The maximum absolute atomic E-state index is 7.56. The number of fused-ring (bicyclic) bond motifs is 28. The van der Waals surface area contributed by atoms with Gasteiger partial charge in [0.25, 0.3) is 0 Å². The van der Waals surface area contributed by atoms with E-state index < -0.39 is 21.7 Å². The Morgan fingerprint density at radius 1 is 0.196 bits per heavy atom. The molecule has 2 spiro atoms. The Bertz CT molecular complexity index is 9500. The van der Waals surface area contributed by atoms with E-state index in [9.17, 15) is 0 Å². The van der Waals surface area contributed by atoms with Gasteiger partial charge in [-0.15, -0.1) is 11.3 Å². The lowest BCUT2D eigenvalue weighted by Gasteiger charge is -2.52. The minimum absolute atomic E-state index is 0.267. The molecule has 2 aromatic heterocycles. The van der Waals surface area contributed by atoms with Crippen LogP contribution in [0.3, 0.4) is 0 Å². The second-order valence-electron chi connectivity index (χ2n) is 41.8. The molecule has 0 saturated heterocycles. The summed E-state index contributed by atoms with van der Waals surface area (Å²) in [7, 11) is 0. The molecule has 0 bridgehead atoms. The number of hydrogen-bond acceptors (Lipinski definition) is 5. The van der Waals surface area contributed by atoms with Crippen molar-refractivity contribution in [3.05, 3.63) is 627 Å². The van der Waals surface area contributed by atoms with E-state index in [1.807, 2.05) is 11.3 Å². The molecule has 6 aliphatic rings. The summed E-state index contributed by atoms with van der Waals surface area (Å²) in [4.78, 5) is 5.02. The summed E-state index contributed by atoms with van der Waals surface area (Å²) >= 11 is 1.88. The average molecular weight is 1910 g/mol. The van der Waals surface area contributed by atoms with Gasteiger partial charge >= 0.3 is 0 Å². The first kappa shape index (κ1) is 85.6. The molecule has 24 aromatic rings. The molecule has 5 nitrogen and oxygen atoms in total. The Morgan fingerprint density at radius 2 is 0.534 bits per heavy atom. The molecule has 0 radical (unpaired) electrons. The fourth-order valence-corrected chi connectivity index (χ4v) is 28.9. The summed E-state index contributed by atoms with van der Waals surface area (Å²) in [6, 6.07) is 195. The molecule has 698 valence electrons. The van der Waals surface area contributed by atoms with Gasteiger partial charge in [0, 0.05) is 104 Å². The molecule has 30 rings (SSSR count). The molecule has 1 unspecified atom stereocenters. The van der Waals surface area contributed by atoms with Crippen molar-refractivity contribution in [2.75, 3.05) is 9.80 Å². The molecule has 22 aromatic carbocycles. The molecular weight excluding hydrogens is 1810 g/mol. The highest BCUT2D eigenvalue weighted by molar-refractivity contribution is 7.26. The van der Waals surface area contributed by atoms with Crippen LogP contribution in [0.2, 0.25) is 0 Å². The van der Waals surface area contributed by atoms with Crippen LogP contribution in [0.25, 0.3) is 92.2 Å². The summed E-state index contributed by atoms with van der Waals surface area (Å²) in [5, 5.41) is 4.82.